The van der Waals surface area contributed by atoms with Crippen LogP contribution in [0, 0.1) is 5.41 Å². The first-order chi connectivity index (χ1) is 7.67. The van der Waals surface area contributed by atoms with Gasteiger partial charge in [0.25, 0.3) is 5.92 Å². The van der Waals surface area contributed by atoms with Gasteiger partial charge in [-0.3, -0.25) is 4.90 Å². The summed E-state index contributed by atoms with van der Waals surface area (Å²) in [5, 5.41) is 0. The lowest BCUT2D eigenvalue weighted by Crippen LogP contribution is -2.55. The minimum Gasteiger partial charge on any atom is -0.322 e. The molecule has 2 aliphatic rings. The Balaban J connectivity index is 2.04. The molecule has 2 rings (SSSR count). The molecule has 4 heteroatoms. The predicted octanol–water partition coefficient (Wildman–Crippen LogP) is 2.62. The van der Waals surface area contributed by atoms with Gasteiger partial charge in [-0.1, -0.05) is 0 Å². The lowest BCUT2D eigenvalue weighted by molar-refractivity contribution is -0.0410. The molecule has 0 aromatic rings. The van der Waals surface area contributed by atoms with Gasteiger partial charge in [-0.05, 0) is 58.5 Å². The molecule has 0 radical (unpaired) electrons. The average Bonchev–Trinajstić information content (AvgIpc) is 2.44. The fourth-order valence-corrected chi connectivity index (χ4v) is 3.36. The van der Waals surface area contributed by atoms with E-state index in [4.69, 9.17) is 5.73 Å². The van der Waals surface area contributed by atoms with Crippen LogP contribution in [0.4, 0.5) is 8.78 Å². The summed E-state index contributed by atoms with van der Waals surface area (Å²) >= 11 is 0. The lowest BCUT2D eigenvalue weighted by atomic mass is 9.73. The van der Waals surface area contributed by atoms with Gasteiger partial charge in [0, 0.05) is 12.0 Å². The molecule has 2 fully saturated rings. The molecule has 0 aromatic heterocycles. The molecule has 100 valence electrons. The van der Waals surface area contributed by atoms with Crippen molar-refractivity contribution in [2.24, 2.45) is 11.1 Å². The molecular weight excluding hydrogens is 222 g/mol. The Morgan fingerprint density at radius 3 is 1.94 bits per heavy atom. The fourth-order valence-electron chi connectivity index (χ4n) is 3.36. The lowest BCUT2D eigenvalue weighted by Gasteiger charge is -2.47. The van der Waals surface area contributed by atoms with E-state index >= 15 is 0 Å². The quantitative estimate of drug-likeness (QED) is 0.712. The van der Waals surface area contributed by atoms with E-state index in [1.807, 2.05) is 0 Å². The second-order valence-corrected chi connectivity index (χ2v) is 6.76. The molecule has 17 heavy (non-hydrogen) atoms. The van der Waals surface area contributed by atoms with Crippen LogP contribution in [0.1, 0.15) is 46.5 Å². The highest BCUT2D eigenvalue weighted by atomic mass is 19.3. The first-order valence-electron chi connectivity index (χ1n) is 6.56. The van der Waals surface area contributed by atoms with Crippen molar-refractivity contribution in [3.05, 3.63) is 0 Å². The number of halogens is 2. The third-order valence-corrected chi connectivity index (χ3v) is 4.78. The monoisotopic (exact) mass is 246 g/mol. The maximum atomic E-state index is 13.6. The van der Waals surface area contributed by atoms with Gasteiger partial charge < -0.3 is 5.73 Å². The number of nitrogens with zero attached hydrogens (tertiary/aromatic N) is 1. The number of hydrogen-bond donors (Lipinski definition) is 1. The molecule has 2 N–H and O–H groups in total. The zero-order valence-electron chi connectivity index (χ0n) is 11.1. The van der Waals surface area contributed by atoms with Gasteiger partial charge in [-0.15, -0.1) is 0 Å². The van der Waals surface area contributed by atoms with Crippen molar-refractivity contribution in [1.29, 1.82) is 0 Å². The summed E-state index contributed by atoms with van der Waals surface area (Å²) in [6, 6.07) is -0.933. The standard InChI is InChI=1S/C13H24F2N2/c1-11(2,3)17-8-6-12(7-9-17)4-5-13(14,15)10(12)16/h10H,4-9,16H2,1-3H3/t10-/m0/s1. The molecule has 2 nitrogen and oxygen atoms in total. The average molecular weight is 246 g/mol. The number of likely N-dealkylation sites (tertiary alicyclic amines) is 1. The van der Waals surface area contributed by atoms with Crippen molar-refractivity contribution in [1.82, 2.24) is 4.90 Å². The van der Waals surface area contributed by atoms with Crippen molar-refractivity contribution in [2.45, 2.75) is 64.0 Å². The Morgan fingerprint density at radius 2 is 1.59 bits per heavy atom. The summed E-state index contributed by atoms with van der Waals surface area (Å²) < 4.78 is 27.1. The summed E-state index contributed by atoms with van der Waals surface area (Å²) in [5.41, 5.74) is 5.64. The molecular formula is C13H24F2N2. The molecule has 0 unspecified atom stereocenters. The molecule has 1 aliphatic heterocycles. The van der Waals surface area contributed by atoms with E-state index in [9.17, 15) is 8.78 Å². The van der Waals surface area contributed by atoms with Crippen molar-refractivity contribution >= 4 is 0 Å². The number of piperidine rings is 1. The van der Waals surface area contributed by atoms with E-state index in [1.54, 1.807) is 0 Å². The highest BCUT2D eigenvalue weighted by molar-refractivity contribution is 5.06. The fraction of sp³-hybridized carbons (Fsp3) is 1.00. The Bertz CT molecular complexity index is 288. The van der Waals surface area contributed by atoms with E-state index in [-0.39, 0.29) is 17.4 Å². The minimum absolute atomic E-state index is 0.0241. The maximum Gasteiger partial charge on any atom is 0.263 e. The smallest absolute Gasteiger partial charge is 0.263 e. The highest BCUT2D eigenvalue weighted by Crippen LogP contribution is 2.52. The van der Waals surface area contributed by atoms with E-state index in [2.05, 4.69) is 25.7 Å². The zero-order chi connectivity index (χ0) is 12.9. The van der Waals surface area contributed by atoms with Gasteiger partial charge in [0.1, 0.15) is 0 Å². The number of rotatable bonds is 0. The number of hydrogen-bond acceptors (Lipinski definition) is 2. The Labute approximate surface area is 103 Å². The number of nitrogens with two attached hydrogens (primary N) is 1. The van der Waals surface area contributed by atoms with Crippen molar-refractivity contribution in [2.75, 3.05) is 13.1 Å². The third-order valence-electron chi connectivity index (χ3n) is 4.78. The zero-order valence-corrected chi connectivity index (χ0v) is 11.1. The number of alkyl halides is 2. The topological polar surface area (TPSA) is 29.3 Å². The minimum atomic E-state index is -2.65. The third kappa shape index (κ3) is 2.22. The second-order valence-electron chi connectivity index (χ2n) is 6.76. The van der Waals surface area contributed by atoms with Crippen LogP contribution in [-0.2, 0) is 0 Å². The van der Waals surface area contributed by atoms with E-state index in [0.717, 1.165) is 25.9 Å². The predicted molar refractivity (Wildman–Crippen MR) is 65.1 cm³/mol. The van der Waals surface area contributed by atoms with Crippen molar-refractivity contribution < 1.29 is 8.78 Å². The molecule has 1 atom stereocenters. The second kappa shape index (κ2) is 3.89. The summed E-state index contributed by atoms with van der Waals surface area (Å²) in [6.07, 6.45) is 2.21. The van der Waals surface area contributed by atoms with Gasteiger partial charge in [0.05, 0.1) is 6.04 Å². The van der Waals surface area contributed by atoms with Crippen molar-refractivity contribution in [3.8, 4) is 0 Å². The van der Waals surface area contributed by atoms with Crippen LogP contribution in [0.25, 0.3) is 0 Å². The molecule has 1 saturated carbocycles. The molecule has 0 amide bonds. The SMILES string of the molecule is CC(C)(C)N1CCC2(CC1)CCC(F)(F)[C@H]2N. The largest absolute Gasteiger partial charge is 0.322 e. The molecule has 1 spiro atoms. The molecule has 1 aliphatic carbocycles. The summed E-state index contributed by atoms with van der Waals surface area (Å²) in [6.45, 7) is 8.32. The highest BCUT2D eigenvalue weighted by Gasteiger charge is 2.57. The molecule has 0 aromatic carbocycles. The first kappa shape index (κ1) is 13.2. The van der Waals surface area contributed by atoms with Gasteiger partial charge in [0.2, 0.25) is 0 Å². The van der Waals surface area contributed by atoms with Crippen LogP contribution in [0.15, 0.2) is 0 Å². The van der Waals surface area contributed by atoms with Gasteiger partial charge >= 0.3 is 0 Å². The first-order valence-corrected chi connectivity index (χ1v) is 6.56. The Morgan fingerprint density at radius 1 is 1.06 bits per heavy atom. The normalized spacial score (nSPS) is 33.2. The molecule has 1 saturated heterocycles. The summed E-state index contributed by atoms with van der Waals surface area (Å²) in [7, 11) is 0. The van der Waals surface area contributed by atoms with Crippen LogP contribution in [0.2, 0.25) is 0 Å². The van der Waals surface area contributed by atoms with E-state index < -0.39 is 12.0 Å². The maximum absolute atomic E-state index is 13.6. The van der Waals surface area contributed by atoms with Crippen LogP contribution >= 0.6 is 0 Å². The van der Waals surface area contributed by atoms with Gasteiger partial charge in [0.15, 0.2) is 0 Å². The van der Waals surface area contributed by atoms with Gasteiger partial charge in [-0.2, -0.15) is 0 Å². The van der Waals surface area contributed by atoms with Crippen LogP contribution in [0.5, 0.6) is 0 Å². The summed E-state index contributed by atoms with van der Waals surface area (Å²) in [5.74, 6) is -2.65. The van der Waals surface area contributed by atoms with Crippen LogP contribution < -0.4 is 5.73 Å². The van der Waals surface area contributed by atoms with Crippen LogP contribution in [-0.4, -0.2) is 35.5 Å². The molecule has 0 bridgehead atoms. The van der Waals surface area contributed by atoms with Gasteiger partial charge in [-0.25, -0.2) is 8.78 Å². The molecule has 1 heterocycles. The van der Waals surface area contributed by atoms with Crippen LogP contribution in [0.3, 0.4) is 0 Å². The van der Waals surface area contributed by atoms with Crippen molar-refractivity contribution in [3.63, 3.8) is 0 Å². The summed E-state index contributed by atoms with van der Waals surface area (Å²) in [4.78, 5) is 2.38. The Kier molecular flexibility index (Phi) is 3.02. The van der Waals surface area contributed by atoms with E-state index in [0.29, 0.717) is 6.42 Å². The Hall–Kier alpha value is -0.220. The van der Waals surface area contributed by atoms with E-state index in [1.165, 1.54) is 0 Å².